The average molecular weight is 184 g/mol. The summed E-state index contributed by atoms with van der Waals surface area (Å²) in [7, 11) is 0. The number of rotatable bonds is 1. The molecular formula is C6H2ClN3O2. The van der Waals surface area contributed by atoms with Crippen molar-refractivity contribution in [2.24, 2.45) is 0 Å². The summed E-state index contributed by atoms with van der Waals surface area (Å²) in [6.07, 6.45) is 0.959. The molecule has 0 aromatic carbocycles. The fourth-order valence-corrected chi connectivity index (χ4v) is 0.816. The molecule has 5 nitrogen and oxygen atoms in total. The van der Waals surface area contributed by atoms with Crippen molar-refractivity contribution in [2.75, 3.05) is 0 Å². The molecule has 1 aromatic heterocycles. The first-order chi connectivity index (χ1) is 5.65. The van der Waals surface area contributed by atoms with E-state index >= 15 is 0 Å². The molecule has 0 radical (unpaired) electrons. The number of hydrogen-bond acceptors (Lipinski definition) is 4. The van der Waals surface area contributed by atoms with Gasteiger partial charge in [0.1, 0.15) is 23.0 Å². The number of pyridine rings is 1. The molecule has 0 N–H and O–H groups in total. The van der Waals surface area contributed by atoms with Crippen LogP contribution in [0.3, 0.4) is 0 Å². The van der Waals surface area contributed by atoms with E-state index in [4.69, 9.17) is 16.9 Å². The summed E-state index contributed by atoms with van der Waals surface area (Å²) in [5.41, 5.74) is -0.415. The van der Waals surface area contributed by atoms with Crippen molar-refractivity contribution in [3.63, 3.8) is 0 Å². The third-order valence-electron chi connectivity index (χ3n) is 1.17. The number of nitriles is 1. The highest BCUT2D eigenvalue weighted by Crippen LogP contribution is 2.18. The minimum Gasteiger partial charge on any atom is -0.258 e. The van der Waals surface area contributed by atoms with Crippen LogP contribution in [0.1, 0.15) is 5.56 Å². The van der Waals surface area contributed by atoms with E-state index in [0.717, 1.165) is 12.3 Å². The van der Waals surface area contributed by atoms with Gasteiger partial charge in [0.2, 0.25) is 0 Å². The van der Waals surface area contributed by atoms with Crippen LogP contribution in [-0.2, 0) is 0 Å². The van der Waals surface area contributed by atoms with Crippen LogP contribution in [0.4, 0.5) is 5.69 Å². The normalized spacial score (nSPS) is 9.00. The minimum atomic E-state index is -0.679. The van der Waals surface area contributed by atoms with Crippen LogP contribution < -0.4 is 0 Å². The van der Waals surface area contributed by atoms with E-state index in [1.807, 2.05) is 0 Å². The zero-order valence-corrected chi connectivity index (χ0v) is 6.45. The molecule has 0 amide bonds. The van der Waals surface area contributed by atoms with Crippen LogP contribution in [-0.4, -0.2) is 9.91 Å². The van der Waals surface area contributed by atoms with Crippen molar-refractivity contribution in [2.45, 2.75) is 0 Å². The number of aromatic nitrogens is 1. The first-order valence-corrected chi connectivity index (χ1v) is 3.23. The molecule has 1 aromatic rings. The molecule has 1 heterocycles. The summed E-state index contributed by atoms with van der Waals surface area (Å²) >= 11 is 5.42. The predicted octanol–water partition coefficient (Wildman–Crippen LogP) is 1.51. The van der Waals surface area contributed by atoms with Crippen LogP contribution in [0, 0.1) is 21.4 Å². The minimum absolute atomic E-state index is 0.0668. The number of hydrogen-bond donors (Lipinski definition) is 0. The Morgan fingerprint density at radius 1 is 1.75 bits per heavy atom. The highest BCUT2D eigenvalue weighted by molar-refractivity contribution is 6.29. The van der Waals surface area contributed by atoms with E-state index in [1.54, 1.807) is 6.07 Å². The van der Waals surface area contributed by atoms with Gasteiger partial charge in [0.15, 0.2) is 0 Å². The molecule has 0 unspecified atom stereocenters. The molecule has 12 heavy (non-hydrogen) atoms. The lowest BCUT2D eigenvalue weighted by molar-refractivity contribution is -0.385. The first-order valence-electron chi connectivity index (χ1n) is 2.85. The highest BCUT2D eigenvalue weighted by atomic mass is 35.5. The van der Waals surface area contributed by atoms with Gasteiger partial charge in [0, 0.05) is 6.07 Å². The fourth-order valence-electron chi connectivity index (χ4n) is 0.658. The van der Waals surface area contributed by atoms with Gasteiger partial charge in [-0.2, -0.15) is 5.26 Å². The van der Waals surface area contributed by atoms with Gasteiger partial charge in [-0.25, -0.2) is 4.98 Å². The Morgan fingerprint density at radius 2 is 2.42 bits per heavy atom. The zero-order chi connectivity index (χ0) is 9.14. The molecule has 60 valence electrons. The molecule has 0 saturated heterocycles. The topological polar surface area (TPSA) is 79.8 Å². The van der Waals surface area contributed by atoms with Gasteiger partial charge < -0.3 is 0 Å². The monoisotopic (exact) mass is 183 g/mol. The van der Waals surface area contributed by atoms with Crippen molar-refractivity contribution in [1.82, 2.24) is 4.98 Å². The molecule has 1 rings (SSSR count). The second-order valence-corrected chi connectivity index (χ2v) is 2.28. The Kier molecular flexibility index (Phi) is 2.21. The maximum Gasteiger partial charge on any atom is 0.305 e. The highest BCUT2D eigenvalue weighted by Gasteiger charge is 2.13. The molecule has 6 heteroatoms. The van der Waals surface area contributed by atoms with Gasteiger partial charge in [-0.1, -0.05) is 11.6 Å². The number of nitro groups is 1. The second-order valence-electron chi connectivity index (χ2n) is 1.89. The van der Waals surface area contributed by atoms with E-state index in [0.29, 0.717) is 0 Å². The van der Waals surface area contributed by atoms with Gasteiger partial charge in [0.25, 0.3) is 0 Å². The van der Waals surface area contributed by atoms with Crippen LogP contribution in [0.5, 0.6) is 0 Å². The quantitative estimate of drug-likeness (QED) is 0.376. The summed E-state index contributed by atoms with van der Waals surface area (Å²) in [5.74, 6) is 0. The van der Waals surface area contributed by atoms with Crippen molar-refractivity contribution in [3.8, 4) is 6.07 Å². The van der Waals surface area contributed by atoms with Crippen molar-refractivity contribution < 1.29 is 4.92 Å². The Hall–Kier alpha value is -1.67. The molecule has 0 fully saturated rings. The molecule has 0 atom stereocenters. The average Bonchev–Trinajstić information content (AvgIpc) is 2.03. The van der Waals surface area contributed by atoms with E-state index in [1.165, 1.54) is 0 Å². The Bertz CT molecular complexity index is 372. The Morgan fingerprint density at radius 3 is 2.92 bits per heavy atom. The van der Waals surface area contributed by atoms with E-state index < -0.39 is 4.92 Å². The van der Waals surface area contributed by atoms with Crippen molar-refractivity contribution in [3.05, 3.63) is 33.1 Å². The smallest absolute Gasteiger partial charge is 0.258 e. The summed E-state index contributed by atoms with van der Waals surface area (Å²) in [6, 6.07) is 2.80. The number of halogens is 1. The standard InChI is InChI=1S/C6H2ClN3O2/c7-6-1-4(2-8)5(3-9-6)10(11)12/h1,3H. The summed E-state index contributed by atoms with van der Waals surface area (Å²) < 4.78 is 0. The summed E-state index contributed by atoms with van der Waals surface area (Å²) in [5, 5.41) is 18.8. The molecule has 0 spiro atoms. The molecule has 0 aliphatic carbocycles. The molecule has 0 aliphatic heterocycles. The van der Waals surface area contributed by atoms with Crippen LogP contribution in [0.2, 0.25) is 5.15 Å². The van der Waals surface area contributed by atoms with Crippen molar-refractivity contribution >= 4 is 17.3 Å². The van der Waals surface area contributed by atoms with E-state index in [2.05, 4.69) is 4.98 Å². The third kappa shape index (κ3) is 1.49. The summed E-state index contributed by atoms with van der Waals surface area (Å²) in [6.45, 7) is 0. The third-order valence-corrected chi connectivity index (χ3v) is 1.37. The summed E-state index contributed by atoms with van der Waals surface area (Å²) in [4.78, 5) is 13.1. The molecule has 0 saturated carbocycles. The maximum atomic E-state index is 10.3. The van der Waals surface area contributed by atoms with Crippen LogP contribution in [0.25, 0.3) is 0 Å². The van der Waals surface area contributed by atoms with E-state index in [9.17, 15) is 10.1 Å². The maximum absolute atomic E-state index is 10.3. The molecule has 0 aliphatic rings. The lowest BCUT2D eigenvalue weighted by atomic mass is 10.2. The lowest BCUT2D eigenvalue weighted by Gasteiger charge is -1.92. The lowest BCUT2D eigenvalue weighted by Crippen LogP contribution is -1.93. The largest absolute Gasteiger partial charge is 0.305 e. The Balaban J connectivity index is 3.32. The SMILES string of the molecule is N#Cc1cc(Cl)ncc1[N+](=O)[O-]. The van der Waals surface area contributed by atoms with Crippen LogP contribution in [0.15, 0.2) is 12.3 Å². The first kappa shape index (κ1) is 8.43. The van der Waals surface area contributed by atoms with Crippen LogP contribution >= 0.6 is 11.6 Å². The van der Waals surface area contributed by atoms with Gasteiger partial charge in [-0.05, 0) is 0 Å². The predicted molar refractivity (Wildman–Crippen MR) is 40.6 cm³/mol. The number of nitrogens with zero attached hydrogens (tertiary/aromatic N) is 3. The second kappa shape index (κ2) is 3.15. The molecule has 0 bridgehead atoms. The van der Waals surface area contributed by atoms with Gasteiger partial charge in [-0.3, -0.25) is 10.1 Å². The van der Waals surface area contributed by atoms with Gasteiger partial charge in [-0.15, -0.1) is 0 Å². The van der Waals surface area contributed by atoms with Crippen molar-refractivity contribution in [1.29, 1.82) is 5.26 Å². The van der Waals surface area contributed by atoms with E-state index in [-0.39, 0.29) is 16.4 Å². The van der Waals surface area contributed by atoms with Gasteiger partial charge >= 0.3 is 5.69 Å². The molecular weight excluding hydrogens is 182 g/mol. The fraction of sp³-hybridized carbons (Fsp3) is 0. The zero-order valence-electron chi connectivity index (χ0n) is 5.69. The Labute approximate surface area is 72.4 Å². The van der Waals surface area contributed by atoms with Gasteiger partial charge in [0.05, 0.1) is 4.92 Å².